The molecule has 0 saturated heterocycles. The van der Waals surface area contributed by atoms with Crippen molar-refractivity contribution in [1.82, 2.24) is 4.98 Å². The molecule has 1 aromatic rings. The molecule has 0 saturated carbocycles. The van der Waals surface area contributed by atoms with Crippen molar-refractivity contribution in [2.45, 2.75) is 13.0 Å². The highest BCUT2D eigenvalue weighted by Gasteiger charge is 2.07. The van der Waals surface area contributed by atoms with Crippen LogP contribution in [0.4, 0.5) is 0 Å². The van der Waals surface area contributed by atoms with Crippen molar-refractivity contribution in [3.63, 3.8) is 0 Å². The molecule has 3 N–H and O–H groups in total. The van der Waals surface area contributed by atoms with Crippen molar-refractivity contribution >= 4 is 11.6 Å². The second-order valence-corrected chi connectivity index (χ2v) is 3.04. The second kappa shape index (κ2) is 3.85. The van der Waals surface area contributed by atoms with Crippen molar-refractivity contribution in [1.29, 1.82) is 0 Å². The average molecular weight is 187 g/mol. The Labute approximate surface area is 76.2 Å². The molecule has 0 aliphatic heterocycles. The molecule has 0 aliphatic rings. The summed E-state index contributed by atoms with van der Waals surface area (Å²) in [5, 5.41) is 9.24. The fourth-order valence-electron chi connectivity index (χ4n) is 1.02. The molecule has 66 valence electrons. The summed E-state index contributed by atoms with van der Waals surface area (Å²) < 4.78 is 0. The minimum atomic E-state index is -0.366. The van der Waals surface area contributed by atoms with Crippen LogP contribution in [0.15, 0.2) is 12.3 Å². The number of aliphatic hydroxyl groups excluding tert-OH is 1. The number of pyridine rings is 1. The van der Waals surface area contributed by atoms with Crippen molar-refractivity contribution in [2.24, 2.45) is 5.73 Å². The summed E-state index contributed by atoms with van der Waals surface area (Å²) in [4.78, 5) is 3.88. The van der Waals surface area contributed by atoms with E-state index in [2.05, 4.69) is 4.98 Å². The number of nitrogens with zero attached hydrogens (tertiary/aromatic N) is 1. The minimum absolute atomic E-state index is 0.0792. The summed E-state index contributed by atoms with van der Waals surface area (Å²) in [7, 11) is 0. The molecule has 0 fully saturated rings. The Hall–Kier alpha value is -0.640. The van der Waals surface area contributed by atoms with Gasteiger partial charge in [-0.1, -0.05) is 11.6 Å². The summed E-state index contributed by atoms with van der Waals surface area (Å²) in [5.41, 5.74) is 7.40. The van der Waals surface area contributed by atoms with E-state index in [1.807, 2.05) is 6.92 Å². The van der Waals surface area contributed by atoms with Gasteiger partial charge >= 0.3 is 0 Å². The van der Waals surface area contributed by atoms with Gasteiger partial charge in [0.2, 0.25) is 0 Å². The molecule has 3 nitrogen and oxygen atoms in total. The minimum Gasteiger partial charge on any atom is -0.394 e. The highest BCUT2D eigenvalue weighted by Crippen LogP contribution is 2.16. The lowest BCUT2D eigenvalue weighted by molar-refractivity contribution is 0.267. The number of aliphatic hydroxyl groups is 1. The molecule has 1 atom stereocenters. The lowest BCUT2D eigenvalue weighted by Gasteiger charge is -2.10. The third-order valence-corrected chi connectivity index (χ3v) is 1.92. The van der Waals surface area contributed by atoms with Crippen LogP contribution in [0.1, 0.15) is 17.2 Å². The third kappa shape index (κ3) is 1.94. The second-order valence-electron chi connectivity index (χ2n) is 2.65. The molecule has 4 heteroatoms. The van der Waals surface area contributed by atoms with E-state index in [0.717, 1.165) is 11.1 Å². The van der Waals surface area contributed by atoms with E-state index in [1.54, 1.807) is 12.3 Å². The smallest absolute Gasteiger partial charge is 0.129 e. The molecule has 0 bridgehead atoms. The van der Waals surface area contributed by atoms with Gasteiger partial charge in [0.1, 0.15) is 5.15 Å². The van der Waals surface area contributed by atoms with Gasteiger partial charge in [-0.15, -0.1) is 0 Å². The normalized spacial score (nSPS) is 13.0. The fraction of sp³-hybridized carbons (Fsp3) is 0.375. The zero-order valence-corrected chi connectivity index (χ0v) is 7.54. The van der Waals surface area contributed by atoms with E-state index in [9.17, 15) is 0 Å². The summed E-state index contributed by atoms with van der Waals surface area (Å²) in [6, 6.07) is 1.36. The van der Waals surface area contributed by atoms with Gasteiger partial charge in [0.25, 0.3) is 0 Å². The van der Waals surface area contributed by atoms with Gasteiger partial charge in [0.05, 0.1) is 12.6 Å². The molecule has 12 heavy (non-hydrogen) atoms. The molecule has 0 unspecified atom stereocenters. The third-order valence-electron chi connectivity index (χ3n) is 1.71. The van der Waals surface area contributed by atoms with Crippen molar-refractivity contribution < 1.29 is 5.11 Å². The number of nitrogens with two attached hydrogens (primary N) is 1. The van der Waals surface area contributed by atoms with Crippen LogP contribution in [0.25, 0.3) is 0 Å². The standard InChI is InChI=1S/C8H11ClN2O/c1-5-2-8(9)11-3-6(5)7(10)4-12/h2-3,7,12H,4,10H2,1H3/t7-/m1/s1. The van der Waals surface area contributed by atoms with Gasteiger partial charge in [-0.3, -0.25) is 0 Å². The number of rotatable bonds is 2. The zero-order chi connectivity index (χ0) is 9.14. The van der Waals surface area contributed by atoms with Gasteiger partial charge in [0.15, 0.2) is 0 Å². The van der Waals surface area contributed by atoms with Gasteiger partial charge in [0, 0.05) is 6.20 Å². The predicted octanol–water partition coefficient (Wildman–Crippen LogP) is 1.04. The van der Waals surface area contributed by atoms with E-state index < -0.39 is 0 Å². The number of aromatic nitrogens is 1. The van der Waals surface area contributed by atoms with E-state index in [1.165, 1.54) is 0 Å². The van der Waals surface area contributed by atoms with Crippen LogP contribution < -0.4 is 5.73 Å². The molecule has 0 aromatic carbocycles. The first-order chi connectivity index (χ1) is 5.65. The Bertz CT molecular complexity index is 278. The monoisotopic (exact) mass is 186 g/mol. The Morgan fingerprint density at radius 1 is 1.75 bits per heavy atom. The number of hydrogen-bond acceptors (Lipinski definition) is 3. The van der Waals surface area contributed by atoms with Crippen LogP contribution in [0.5, 0.6) is 0 Å². The highest BCUT2D eigenvalue weighted by atomic mass is 35.5. The SMILES string of the molecule is Cc1cc(Cl)ncc1[C@H](N)CO. The van der Waals surface area contributed by atoms with Gasteiger partial charge in [-0.2, -0.15) is 0 Å². The number of halogens is 1. The molecule has 0 aliphatic carbocycles. The average Bonchev–Trinajstić information content (AvgIpc) is 2.03. The zero-order valence-electron chi connectivity index (χ0n) is 6.79. The van der Waals surface area contributed by atoms with E-state index in [0.29, 0.717) is 5.15 Å². The lowest BCUT2D eigenvalue weighted by atomic mass is 10.1. The highest BCUT2D eigenvalue weighted by molar-refractivity contribution is 6.29. The summed E-state index contributed by atoms with van der Waals surface area (Å²) in [6.45, 7) is 1.81. The Kier molecular flexibility index (Phi) is 3.03. The molecule has 0 radical (unpaired) electrons. The molecule has 0 spiro atoms. The Morgan fingerprint density at radius 2 is 2.42 bits per heavy atom. The van der Waals surface area contributed by atoms with Crippen LogP contribution in [0.2, 0.25) is 5.15 Å². The lowest BCUT2D eigenvalue weighted by Crippen LogP contribution is -2.15. The first-order valence-corrected chi connectivity index (χ1v) is 4.01. The summed E-state index contributed by atoms with van der Waals surface area (Å²) in [6.07, 6.45) is 1.60. The number of aryl methyl sites for hydroxylation is 1. The number of hydrogen-bond donors (Lipinski definition) is 2. The largest absolute Gasteiger partial charge is 0.394 e. The fourth-order valence-corrected chi connectivity index (χ4v) is 1.23. The maximum Gasteiger partial charge on any atom is 0.129 e. The van der Waals surface area contributed by atoms with Gasteiger partial charge in [-0.25, -0.2) is 4.98 Å². The first-order valence-electron chi connectivity index (χ1n) is 3.63. The topological polar surface area (TPSA) is 59.1 Å². The maximum absolute atomic E-state index is 8.80. The van der Waals surface area contributed by atoms with Gasteiger partial charge < -0.3 is 10.8 Å². The van der Waals surface area contributed by atoms with E-state index in [-0.39, 0.29) is 12.6 Å². The van der Waals surface area contributed by atoms with Crippen molar-refractivity contribution in [3.8, 4) is 0 Å². The Morgan fingerprint density at radius 3 is 2.92 bits per heavy atom. The summed E-state index contributed by atoms with van der Waals surface area (Å²) >= 11 is 5.65. The van der Waals surface area contributed by atoms with Crippen LogP contribution in [-0.2, 0) is 0 Å². The molecule has 1 aromatic heterocycles. The van der Waals surface area contributed by atoms with E-state index in [4.69, 9.17) is 22.4 Å². The molecule has 0 amide bonds. The quantitative estimate of drug-likeness (QED) is 0.679. The molecular weight excluding hydrogens is 176 g/mol. The predicted molar refractivity (Wildman–Crippen MR) is 48.0 cm³/mol. The summed E-state index contributed by atoms with van der Waals surface area (Å²) in [5.74, 6) is 0. The molecule has 1 heterocycles. The first kappa shape index (κ1) is 9.45. The van der Waals surface area contributed by atoms with Gasteiger partial charge in [-0.05, 0) is 24.1 Å². The Balaban J connectivity index is 3.01. The van der Waals surface area contributed by atoms with Crippen LogP contribution in [0, 0.1) is 6.92 Å². The van der Waals surface area contributed by atoms with Crippen LogP contribution in [0.3, 0.4) is 0 Å². The van der Waals surface area contributed by atoms with Crippen LogP contribution in [-0.4, -0.2) is 16.7 Å². The van der Waals surface area contributed by atoms with Crippen molar-refractivity contribution in [3.05, 3.63) is 28.5 Å². The molecule has 1 rings (SSSR count). The van der Waals surface area contributed by atoms with E-state index >= 15 is 0 Å². The van der Waals surface area contributed by atoms with Crippen LogP contribution >= 0.6 is 11.6 Å². The molecular formula is C8H11ClN2O. The van der Waals surface area contributed by atoms with Crippen molar-refractivity contribution in [2.75, 3.05) is 6.61 Å². The maximum atomic E-state index is 8.80.